The predicted octanol–water partition coefficient (Wildman–Crippen LogP) is 0.646. The molecule has 4 nitrogen and oxygen atoms in total. The molecule has 66 valence electrons. The third kappa shape index (κ3) is 1.16. The van der Waals surface area contributed by atoms with Crippen LogP contribution >= 0.6 is 0 Å². The molecule has 0 fully saturated rings. The first-order chi connectivity index (χ1) is 6.33. The Bertz CT molecular complexity index is 498. The predicted molar refractivity (Wildman–Crippen MR) is 50.6 cm³/mol. The number of aromatic amines is 1. The fourth-order valence-electron chi connectivity index (χ4n) is 1.32. The maximum Gasteiger partial charge on any atom is 0.120 e. The van der Waals surface area contributed by atoms with Crippen LogP contribution in [0.1, 0.15) is 5.69 Å². The summed E-state index contributed by atoms with van der Waals surface area (Å²) in [6.45, 7) is 1.97. The van der Waals surface area contributed by atoms with Crippen molar-refractivity contribution in [1.82, 2.24) is 10.2 Å². The van der Waals surface area contributed by atoms with Gasteiger partial charge < -0.3 is 5.84 Å². The molecule has 0 aliphatic heterocycles. The average Bonchev–Trinajstić information content (AvgIpc) is 2.39. The SMILES string of the molecule is Cc1[nH]nc2/c(=N\N)ccccc12. The summed E-state index contributed by atoms with van der Waals surface area (Å²) in [7, 11) is 0. The number of nitrogens with one attached hydrogen (secondary N) is 1. The summed E-state index contributed by atoms with van der Waals surface area (Å²) in [5.74, 6) is 5.25. The van der Waals surface area contributed by atoms with Crippen LogP contribution in [0.25, 0.3) is 10.9 Å². The van der Waals surface area contributed by atoms with Crippen molar-refractivity contribution in [2.45, 2.75) is 6.92 Å². The Morgan fingerprint density at radius 2 is 2.15 bits per heavy atom. The van der Waals surface area contributed by atoms with Crippen molar-refractivity contribution in [2.24, 2.45) is 10.9 Å². The molecule has 1 heterocycles. The Balaban J connectivity index is 3.05. The van der Waals surface area contributed by atoms with Crippen molar-refractivity contribution < 1.29 is 0 Å². The van der Waals surface area contributed by atoms with Gasteiger partial charge in [0.25, 0.3) is 0 Å². The van der Waals surface area contributed by atoms with Crippen molar-refractivity contribution in [3.63, 3.8) is 0 Å². The maximum atomic E-state index is 5.25. The minimum atomic E-state index is 0.698. The molecule has 0 unspecified atom stereocenters. The number of fused-ring (bicyclic) bond motifs is 1. The van der Waals surface area contributed by atoms with Crippen LogP contribution in [0.4, 0.5) is 0 Å². The van der Waals surface area contributed by atoms with Gasteiger partial charge in [-0.2, -0.15) is 10.2 Å². The maximum absolute atomic E-state index is 5.25. The number of hydrogen-bond donors (Lipinski definition) is 2. The Kier molecular flexibility index (Phi) is 1.73. The first-order valence-corrected chi connectivity index (χ1v) is 4.01. The van der Waals surface area contributed by atoms with E-state index in [0.717, 1.165) is 16.6 Å². The highest BCUT2D eigenvalue weighted by Crippen LogP contribution is 2.08. The molecule has 4 heteroatoms. The molecule has 1 aromatic carbocycles. The summed E-state index contributed by atoms with van der Waals surface area (Å²) in [6, 6.07) is 7.66. The van der Waals surface area contributed by atoms with Crippen molar-refractivity contribution in [3.8, 4) is 0 Å². The van der Waals surface area contributed by atoms with Crippen LogP contribution in [0.3, 0.4) is 0 Å². The van der Waals surface area contributed by atoms with E-state index in [1.165, 1.54) is 0 Å². The topological polar surface area (TPSA) is 67.1 Å². The summed E-state index contributed by atoms with van der Waals surface area (Å²) < 4.78 is 0. The highest BCUT2D eigenvalue weighted by molar-refractivity contribution is 5.79. The highest BCUT2D eigenvalue weighted by atomic mass is 15.1. The largest absolute Gasteiger partial charge is 0.323 e. The van der Waals surface area contributed by atoms with Crippen LogP contribution in [-0.2, 0) is 0 Å². The first-order valence-electron chi connectivity index (χ1n) is 4.01. The number of nitrogens with zero attached hydrogens (tertiary/aromatic N) is 2. The quantitative estimate of drug-likeness (QED) is 0.454. The lowest BCUT2D eigenvalue weighted by Crippen LogP contribution is -2.03. The minimum absolute atomic E-state index is 0.698. The Morgan fingerprint density at radius 3 is 2.92 bits per heavy atom. The Hall–Kier alpha value is -1.84. The van der Waals surface area contributed by atoms with Gasteiger partial charge in [0.15, 0.2) is 0 Å². The van der Waals surface area contributed by atoms with Crippen LogP contribution in [0.5, 0.6) is 0 Å². The van der Waals surface area contributed by atoms with Gasteiger partial charge >= 0.3 is 0 Å². The second-order valence-electron chi connectivity index (χ2n) is 2.84. The van der Waals surface area contributed by atoms with Gasteiger partial charge in [-0.3, -0.25) is 5.10 Å². The van der Waals surface area contributed by atoms with Gasteiger partial charge in [0.05, 0.1) is 0 Å². The smallest absolute Gasteiger partial charge is 0.120 e. The number of rotatable bonds is 0. The molecule has 0 bridgehead atoms. The van der Waals surface area contributed by atoms with E-state index in [1.807, 2.05) is 31.2 Å². The van der Waals surface area contributed by atoms with E-state index in [9.17, 15) is 0 Å². The lowest BCUT2D eigenvalue weighted by Gasteiger charge is -1.80. The molecule has 0 radical (unpaired) electrons. The molecule has 0 aliphatic rings. The molecule has 0 aliphatic carbocycles. The van der Waals surface area contributed by atoms with Gasteiger partial charge in [0.2, 0.25) is 0 Å². The van der Waals surface area contributed by atoms with Gasteiger partial charge in [-0.1, -0.05) is 18.2 Å². The molecule has 1 aromatic heterocycles. The zero-order valence-electron chi connectivity index (χ0n) is 7.28. The summed E-state index contributed by atoms with van der Waals surface area (Å²) in [4.78, 5) is 0. The molecule has 0 saturated heterocycles. The monoisotopic (exact) mass is 174 g/mol. The average molecular weight is 174 g/mol. The summed E-state index contributed by atoms with van der Waals surface area (Å²) >= 11 is 0. The molecule has 2 rings (SSSR count). The molecule has 3 N–H and O–H groups in total. The second kappa shape index (κ2) is 2.90. The first kappa shape index (κ1) is 7.79. The van der Waals surface area contributed by atoms with Crippen molar-refractivity contribution in [2.75, 3.05) is 0 Å². The van der Waals surface area contributed by atoms with E-state index < -0.39 is 0 Å². The lowest BCUT2D eigenvalue weighted by atomic mass is 10.3. The molecular formula is C9H10N4. The van der Waals surface area contributed by atoms with E-state index in [4.69, 9.17) is 5.84 Å². The van der Waals surface area contributed by atoms with Crippen LogP contribution in [0, 0.1) is 6.92 Å². The van der Waals surface area contributed by atoms with Gasteiger partial charge in [0.1, 0.15) is 10.9 Å². The van der Waals surface area contributed by atoms with E-state index in [1.54, 1.807) is 0 Å². The van der Waals surface area contributed by atoms with Gasteiger partial charge in [0, 0.05) is 11.1 Å². The van der Waals surface area contributed by atoms with Gasteiger partial charge in [-0.25, -0.2) is 0 Å². The summed E-state index contributed by atoms with van der Waals surface area (Å²) in [6.07, 6.45) is 0. The summed E-state index contributed by atoms with van der Waals surface area (Å²) in [5.41, 5.74) is 1.83. The fourth-order valence-corrected chi connectivity index (χ4v) is 1.32. The summed E-state index contributed by atoms with van der Waals surface area (Å²) in [5, 5.41) is 12.4. The molecule has 13 heavy (non-hydrogen) atoms. The number of aryl methyl sites for hydroxylation is 1. The fraction of sp³-hybridized carbons (Fsp3) is 0.111. The molecule has 0 atom stereocenters. The van der Waals surface area contributed by atoms with E-state index >= 15 is 0 Å². The van der Waals surface area contributed by atoms with Crippen molar-refractivity contribution >= 4 is 10.9 Å². The van der Waals surface area contributed by atoms with Gasteiger partial charge in [-0.15, -0.1) is 0 Å². The number of aromatic nitrogens is 2. The third-order valence-corrected chi connectivity index (χ3v) is 2.00. The zero-order chi connectivity index (χ0) is 9.26. The van der Waals surface area contributed by atoms with Crippen LogP contribution in [-0.4, -0.2) is 10.2 Å². The second-order valence-corrected chi connectivity index (χ2v) is 2.84. The van der Waals surface area contributed by atoms with E-state index in [0.29, 0.717) is 5.36 Å². The van der Waals surface area contributed by atoms with Gasteiger partial charge in [-0.05, 0) is 13.0 Å². The standard InChI is InChI=1S/C9H10N4/c1-6-7-4-2-3-5-8(11-10)9(7)13-12-6/h2-5H,10H2,1H3,(H,12,13)/b11-8-. The molecule has 2 aromatic rings. The molecule has 0 saturated carbocycles. The molecule has 0 amide bonds. The molecule has 0 spiro atoms. The lowest BCUT2D eigenvalue weighted by molar-refractivity contribution is 1.05. The van der Waals surface area contributed by atoms with Crippen molar-refractivity contribution in [1.29, 1.82) is 0 Å². The zero-order valence-corrected chi connectivity index (χ0v) is 7.28. The minimum Gasteiger partial charge on any atom is -0.323 e. The Morgan fingerprint density at radius 1 is 1.38 bits per heavy atom. The molecular weight excluding hydrogens is 164 g/mol. The number of H-pyrrole nitrogens is 1. The van der Waals surface area contributed by atoms with Crippen LogP contribution < -0.4 is 11.2 Å². The highest BCUT2D eigenvalue weighted by Gasteiger charge is 1.99. The van der Waals surface area contributed by atoms with E-state index in [2.05, 4.69) is 15.3 Å². The number of hydrogen-bond acceptors (Lipinski definition) is 3. The van der Waals surface area contributed by atoms with E-state index in [-0.39, 0.29) is 0 Å². The number of nitrogens with two attached hydrogens (primary N) is 1. The Labute approximate surface area is 75.1 Å². The third-order valence-electron chi connectivity index (χ3n) is 2.00. The van der Waals surface area contributed by atoms with Crippen LogP contribution in [0.15, 0.2) is 29.4 Å². The normalized spacial score (nSPS) is 12.2. The van der Waals surface area contributed by atoms with Crippen LogP contribution in [0.2, 0.25) is 0 Å². The van der Waals surface area contributed by atoms with Crippen molar-refractivity contribution in [3.05, 3.63) is 35.3 Å².